The molecule has 10 heteroatoms. The molecule has 2 unspecified atom stereocenters. The second-order valence-electron chi connectivity index (χ2n) is 12.0. The molecule has 0 saturated carbocycles. The van der Waals surface area contributed by atoms with Crippen LogP contribution in [0.3, 0.4) is 0 Å². The van der Waals surface area contributed by atoms with E-state index in [1.54, 1.807) is 27.0 Å². The number of carboxylic acid groups (broad SMARTS) is 1. The van der Waals surface area contributed by atoms with E-state index in [-0.39, 0.29) is 24.8 Å². The molecule has 0 bridgehead atoms. The standard InChI is InChI=1S/C32H45N3O7/c1-8-10-13-20(3)16-21(4)27(34-31(39)42-32(5,6)7)29(36)35-19-22(17-25(35)30(37)38)41-28-24-15-12-11-14-23(24)26(18-33-28)40-9-2/h8,11-12,14-15,18,20-22,25,27H,1,9-10,13,16-17,19H2,2-7H3,(H,34,39)(H,37,38)/t20?,21-,22-,25+,27?/m1/s1. The van der Waals surface area contributed by atoms with Gasteiger partial charge in [-0.15, -0.1) is 6.58 Å². The van der Waals surface area contributed by atoms with Gasteiger partial charge in [0.15, 0.2) is 0 Å². The lowest BCUT2D eigenvalue weighted by molar-refractivity contribution is -0.149. The van der Waals surface area contributed by atoms with Crippen molar-refractivity contribution in [2.75, 3.05) is 13.2 Å². The molecule has 2 amide bonds. The van der Waals surface area contributed by atoms with Crippen LogP contribution in [-0.2, 0) is 14.3 Å². The zero-order valence-corrected chi connectivity index (χ0v) is 25.6. The predicted molar refractivity (Wildman–Crippen MR) is 161 cm³/mol. The summed E-state index contributed by atoms with van der Waals surface area (Å²) in [5, 5.41) is 14.4. The second-order valence-corrected chi connectivity index (χ2v) is 12.0. The van der Waals surface area contributed by atoms with Gasteiger partial charge in [-0.05, 0) is 64.9 Å². The van der Waals surface area contributed by atoms with E-state index in [0.717, 1.165) is 23.6 Å². The minimum absolute atomic E-state index is 0.0320. The lowest BCUT2D eigenvalue weighted by Gasteiger charge is -2.32. The fourth-order valence-electron chi connectivity index (χ4n) is 5.38. The van der Waals surface area contributed by atoms with Gasteiger partial charge < -0.3 is 29.5 Å². The summed E-state index contributed by atoms with van der Waals surface area (Å²) >= 11 is 0. The largest absolute Gasteiger partial charge is 0.492 e. The number of carbonyl (C=O) groups is 3. The number of rotatable bonds is 13. The van der Waals surface area contributed by atoms with E-state index in [1.807, 2.05) is 44.2 Å². The third-order valence-electron chi connectivity index (χ3n) is 7.28. The van der Waals surface area contributed by atoms with Gasteiger partial charge in [-0.2, -0.15) is 0 Å². The topological polar surface area (TPSA) is 127 Å². The maximum Gasteiger partial charge on any atom is 0.408 e. The number of nitrogens with zero attached hydrogens (tertiary/aromatic N) is 2. The number of carboxylic acids is 1. The highest BCUT2D eigenvalue weighted by molar-refractivity contribution is 5.92. The number of ether oxygens (including phenoxy) is 3. The highest BCUT2D eigenvalue weighted by Crippen LogP contribution is 2.33. The number of pyridine rings is 1. The number of aromatic nitrogens is 1. The Hall–Kier alpha value is -3.82. The molecule has 0 aliphatic carbocycles. The van der Waals surface area contributed by atoms with Gasteiger partial charge in [0.1, 0.15) is 29.5 Å². The maximum atomic E-state index is 14.0. The van der Waals surface area contributed by atoms with Crippen molar-refractivity contribution in [3.05, 3.63) is 43.1 Å². The van der Waals surface area contributed by atoms with Crippen LogP contribution in [0.1, 0.15) is 67.2 Å². The van der Waals surface area contributed by atoms with Crippen LogP contribution in [0, 0.1) is 11.8 Å². The number of aliphatic carboxylic acids is 1. The third kappa shape index (κ3) is 8.59. The van der Waals surface area contributed by atoms with Crippen LogP contribution in [0.2, 0.25) is 0 Å². The Morgan fingerprint density at radius 3 is 2.52 bits per heavy atom. The normalized spacial score (nSPS) is 19.0. The van der Waals surface area contributed by atoms with Crippen LogP contribution in [0.25, 0.3) is 10.8 Å². The average Bonchev–Trinajstić information content (AvgIpc) is 3.35. The van der Waals surface area contributed by atoms with Gasteiger partial charge in [0, 0.05) is 17.2 Å². The molecule has 1 fully saturated rings. The van der Waals surface area contributed by atoms with Crippen LogP contribution in [0.4, 0.5) is 4.79 Å². The molecule has 1 aliphatic rings. The van der Waals surface area contributed by atoms with E-state index in [1.165, 1.54) is 4.90 Å². The highest BCUT2D eigenvalue weighted by atomic mass is 16.6. The van der Waals surface area contributed by atoms with Crippen molar-refractivity contribution in [3.8, 4) is 11.6 Å². The number of hydrogen-bond donors (Lipinski definition) is 2. The Kier molecular flexibility index (Phi) is 11.2. The molecule has 42 heavy (non-hydrogen) atoms. The molecule has 3 rings (SSSR count). The molecule has 2 aromatic rings. The third-order valence-corrected chi connectivity index (χ3v) is 7.28. The van der Waals surface area contributed by atoms with Crippen molar-refractivity contribution in [2.45, 2.75) is 91.0 Å². The minimum atomic E-state index is -1.14. The van der Waals surface area contributed by atoms with Crippen molar-refractivity contribution in [2.24, 2.45) is 11.8 Å². The summed E-state index contributed by atoms with van der Waals surface area (Å²) in [7, 11) is 0. The Morgan fingerprint density at radius 1 is 1.21 bits per heavy atom. The van der Waals surface area contributed by atoms with Gasteiger partial charge in [0.25, 0.3) is 0 Å². The van der Waals surface area contributed by atoms with E-state index in [0.29, 0.717) is 24.7 Å². The van der Waals surface area contributed by atoms with Gasteiger partial charge >= 0.3 is 12.1 Å². The molecule has 10 nitrogen and oxygen atoms in total. The summed E-state index contributed by atoms with van der Waals surface area (Å²) in [6.45, 7) is 15.4. The maximum absolute atomic E-state index is 14.0. The number of amides is 2. The molecule has 230 valence electrons. The lowest BCUT2D eigenvalue weighted by atomic mass is 9.88. The van der Waals surface area contributed by atoms with E-state index in [9.17, 15) is 19.5 Å². The summed E-state index contributed by atoms with van der Waals surface area (Å²) < 4.78 is 17.4. The number of hydrogen-bond acceptors (Lipinski definition) is 7. The zero-order valence-electron chi connectivity index (χ0n) is 25.6. The molecular weight excluding hydrogens is 538 g/mol. The number of allylic oxidation sites excluding steroid dienone is 1. The first-order valence-corrected chi connectivity index (χ1v) is 14.6. The van der Waals surface area contributed by atoms with Crippen molar-refractivity contribution >= 4 is 28.7 Å². The van der Waals surface area contributed by atoms with Gasteiger partial charge in [-0.1, -0.05) is 38.1 Å². The van der Waals surface area contributed by atoms with Crippen LogP contribution in [-0.4, -0.2) is 69.9 Å². The summed E-state index contributed by atoms with van der Waals surface area (Å²) in [6, 6.07) is 5.43. The van der Waals surface area contributed by atoms with Gasteiger partial charge in [-0.25, -0.2) is 14.6 Å². The number of fused-ring (bicyclic) bond motifs is 1. The van der Waals surface area contributed by atoms with E-state index >= 15 is 0 Å². The molecule has 1 aromatic heterocycles. The molecule has 0 spiro atoms. The van der Waals surface area contributed by atoms with Crippen LogP contribution < -0.4 is 14.8 Å². The average molecular weight is 584 g/mol. The second kappa shape index (κ2) is 14.4. The number of alkyl carbamates (subject to hydrolysis) is 1. The first kappa shape index (κ1) is 32.7. The van der Waals surface area contributed by atoms with Gasteiger partial charge in [0.05, 0.1) is 19.3 Å². The SMILES string of the molecule is C=CCCC(C)C[C@@H](C)C(NC(=O)OC(C)(C)C)C(=O)N1C[C@H](Oc2ncc(OCC)c3ccccc23)C[C@H]1C(=O)O. The molecule has 1 aliphatic heterocycles. The Morgan fingerprint density at radius 2 is 1.90 bits per heavy atom. The molecule has 2 N–H and O–H groups in total. The van der Waals surface area contributed by atoms with E-state index < -0.39 is 41.8 Å². The summed E-state index contributed by atoms with van der Waals surface area (Å²) in [4.78, 5) is 44.9. The van der Waals surface area contributed by atoms with Crippen LogP contribution in [0.5, 0.6) is 11.6 Å². The quantitative estimate of drug-likeness (QED) is 0.292. The monoisotopic (exact) mass is 583 g/mol. The lowest BCUT2D eigenvalue weighted by Crippen LogP contribution is -2.55. The summed E-state index contributed by atoms with van der Waals surface area (Å²) in [5.41, 5.74) is -0.762. The number of nitrogens with one attached hydrogen (secondary N) is 1. The fraction of sp³-hybridized carbons (Fsp3) is 0.562. The van der Waals surface area contributed by atoms with Crippen molar-refractivity contribution in [1.29, 1.82) is 0 Å². The van der Waals surface area contributed by atoms with Gasteiger partial charge in [-0.3, -0.25) is 4.79 Å². The molecule has 5 atom stereocenters. The number of likely N-dealkylation sites (tertiary alicyclic amines) is 1. The predicted octanol–water partition coefficient (Wildman–Crippen LogP) is 5.59. The van der Waals surface area contributed by atoms with Crippen molar-refractivity contribution in [3.63, 3.8) is 0 Å². The number of carbonyl (C=O) groups excluding carboxylic acids is 2. The number of benzene rings is 1. The van der Waals surface area contributed by atoms with Crippen LogP contribution >= 0.6 is 0 Å². The molecule has 0 radical (unpaired) electrons. The van der Waals surface area contributed by atoms with E-state index in [2.05, 4.69) is 23.8 Å². The first-order chi connectivity index (χ1) is 19.8. The van der Waals surface area contributed by atoms with E-state index in [4.69, 9.17) is 14.2 Å². The smallest absolute Gasteiger partial charge is 0.408 e. The summed E-state index contributed by atoms with van der Waals surface area (Å²) in [5.74, 6) is -0.673. The molecule has 1 aromatic carbocycles. The highest BCUT2D eigenvalue weighted by Gasteiger charge is 2.45. The molecule has 2 heterocycles. The Bertz CT molecular complexity index is 1260. The van der Waals surface area contributed by atoms with Crippen molar-refractivity contribution < 1.29 is 33.7 Å². The Balaban J connectivity index is 1.85. The zero-order chi connectivity index (χ0) is 31.0. The minimum Gasteiger partial charge on any atom is -0.492 e. The van der Waals surface area contributed by atoms with Gasteiger partial charge in [0.2, 0.25) is 11.8 Å². The van der Waals surface area contributed by atoms with Crippen molar-refractivity contribution in [1.82, 2.24) is 15.2 Å². The fourth-order valence-corrected chi connectivity index (χ4v) is 5.38. The van der Waals surface area contributed by atoms with Crippen LogP contribution in [0.15, 0.2) is 43.1 Å². The summed E-state index contributed by atoms with van der Waals surface area (Å²) in [6.07, 6.45) is 4.55. The molecule has 1 saturated heterocycles. The molecular formula is C32H45N3O7. The first-order valence-electron chi connectivity index (χ1n) is 14.6. The Labute approximate surface area is 248 Å².